The number of nitrogens with zero attached hydrogens (tertiary/aromatic N) is 1. The van der Waals surface area contributed by atoms with Crippen LogP contribution in [0.15, 0.2) is 34.8 Å². The number of halogens is 8. The minimum Gasteiger partial charge on any atom is -0.481 e. The van der Waals surface area contributed by atoms with E-state index in [1.165, 1.54) is 12.1 Å². The van der Waals surface area contributed by atoms with Crippen LogP contribution in [-0.4, -0.2) is 34.7 Å². The molecule has 0 aromatic heterocycles. The molecule has 2 aliphatic rings. The Labute approximate surface area is 248 Å². The molecule has 1 heterocycles. The number of hydrogen-bond donors (Lipinski definition) is 1. The molecule has 1 aliphatic heterocycles. The van der Waals surface area contributed by atoms with Crippen LogP contribution in [0.4, 0.5) is 17.6 Å². The minimum atomic E-state index is -5.01. The highest BCUT2D eigenvalue weighted by molar-refractivity contribution is 9.10. The zero-order chi connectivity index (χ0) is 29.0. The molecule has 0 radical (unpaired) electrons. The van der Waals surface area contributed by atoms with Crippen LogP contribution < -0.4 is 0 Å². The monoisotopic (exact) mass is 671 g/mol. The highest BCUT2D eigenvalue weighted by Gasteiger charge is 2.71. The molecular formula is C28H29BrCl3F4NO2. The zero-order valence-corrected chi connectivity index (χ0v) is 25.4. The van der Waals surface area contributed by atoms with Crippen LogP contribution in [0.1, 0.15) is 57.2 Å². The van der Waals surface area contributed by atoms with Crippen LogP contribution in [0.5, 0.6) is 0 Å². The van der Waals surface area contributed by atoms with Crippen molar-refractivity contribution >= 4 is 56.7 Å². The number of likely N-dealkylation sites (tertiary alicyclic amines) is 1. The molecule has 0 spiro atoms. The Morgan fingerprint density at radius 3 is 2.26 bits per heavy atom. The molecule has 2 fully saturated rings. The maximum absolute atomic E-state index is 15.5. The number of carbonyl (C=O) groups is 1. The van der Waals surface area contributed by atoms with Crippen molar-refractivity contribution in [1.82, 2.24) is 4.90 Å². The Balaban J connectivity index is 2.04. The quantitative estimate of drug-likeness (QED) is 0.254. The molecule has 3 nitrogen and oxygen atoms in total. The summed E-state index contributed by atoms with van der Waals surface area (Å²) in [6, 6.07) is 4.52. The predicted octanol–water partition coefficient (Wildman–Crippen LogP) is 9.57. The van der Waals surface area contributed by atoms with Crippen LogP contribution >= 0.6 is 50.7 Å². The van der Waals surface area contributed by atoms with Gasteiger partial charge in [-0.05, 0) is 81.9 Å². The van der Waals surface area contributed by atoms with Gasteiger partial charge in [-0.1, -0.05) is 68.1 Å². The number of hydrogen-bond acceptors (Lipinski definition) is 2. The third kappa shape index (κ3) is 5.45. The van der Waals surface area contributed by atoms with E-state index in [-0.39, 0.29) is 54.5 Å². The lowest BCUT2D eigenvalue weighted by Gasteiger charge is -2.45. The van der Waals surface area contributed by atoms with Gasteiger partial charge >= 0.3 is 12.1 Å². The van der Waals surface area contributed by atoms with E-state index in [1.54, 1.807) is 4.90 Å². The lowest BCUT2D eigenvalue weighted by molar-refractivity contribution is -0.204. The summed E-state index contributed by atoms with van der Waals surface area (Å²) in [6.07, 6.45) is -2.64. The van der Waals surface area contributed by atoms with E-state index >= 15 is 13.2 Å². The predicted molar refractivity (Wildman–Crippen MR) is 149 cm³/mol. The molecule has 1 saturated heterocycles. The fourth-order valence-electron chi connectivity index (χ4n) is 6.74. The number of rotatable bonds is 5. The maximum atomic E-state index is 15.5. The molecule has 3 unspecified atom stereocenters. The SMILES string of the molecule is CC(C)[C@@H]1CC[C@@H](C)C[C@H]1N1CC(c2cc(Cl)c(Cl)c(Cl)c2)(C(F)(F)F)C(C(=O)O)C1c1ccc(F)c(Br)c1. The number of carboxylic acids is 1. The van der Waals surface area contributed by atoms with Crippen molar-refractivity contribution < 1.29 is 27.5 Å². The molecule has 2 aromatic rings. The molecule has 0 bridgehead atoms. The summed E-state index contributed by atoms with van der Waals surface area (Å²) >= 11 is 21.6. The van der Waals surface area contributed by atoms with Gasteiger partial charge in [-0.15, -0.1) is 0 Å². The van der Waals surface area contributed by atoms with E-state index in [1.807, 2.05) is 13.8 Å². The molecule has 4 rings (SSSR count). The summed E-state index contributed by atoms with van der Waals surface area (Å²) in [5.41, 5.74) is -2.95. The first kappa shape index (κ1) is 30.9. The second-order valence-electron chi connectivity index (χ2n) is 11.2. The van der Waals surface area contributed by atoms with E-state index in [2.05, 4.69) is 22.9 Å². The Morgan fingerprint density at radius 2 is 1.74 bits per heavy atom. The van der Waals surface area contributed by atoms with Gasteiger partial charge in [0.15, 0.2) is 0 Å². The summed E-state index contributed by atoms with van der Waals surface area (Å²) in [5.74, 6) is -3.75. The van der Waals surface area contributed by atoms with Crippen LogP contribution in [0, 0.1) is 29.5 Å². The summed E-state index contributed by atoms with van der Waals surface area (Å²) in [7, 11) is 0. The fourth-order valence-corrected chi connectivity index (χ4v) is 7.73. The van der Waals surface area contributed by atoms with Gasteiger partial charge < -0.3 is 5.11 Å². The zero-order valence-electron chi connectivity index (χ0n) is 21.5. The largest absolute Gasteiger partial charge is 0.481 e. The van der Waals surface area contributed by atoms with Crippen LogP contribution in [0.2, 0.25) is 15.1 Å². The van der Waals surface area contributed by atoms with E-state index < -0.39 is 41.9 Å². The molecule has 1 N–H and O–H groups in total. The van der Waals surface area contributed by atoms with Gasteiger partial charge in [-0.25, -0.2) is 4.39 Å². The molecule has 11 heteroatoms. The van der Waals surface area contributed by atoms with Crippen molar-refractivity contribution in [3.05, 3.63) is 66.8 Å². The maximum Gasteiger partial charge on any atom is 0.400 e. The Hall–Kier alpha value is -1.06. The lowest BCUT2D eigenvalue weighted by atomic mass is 9.68. The van der Waals surface area contributed by atoms with Gasteiger partial charge in [-0.3, -0.25) is 9.69 Å². The number of carboxylic acid groups (broad SMARTS) is 1. The third-order valence-corrected chi connectivity index (χ3v) is 10.4. The number of aliphatic carboxylic acids is 1. The fraction of sp³-hybridized carbons (Fsp3) is 0.536. The minimum absolute atomic E-state index is 0.0449. The number of alkyl halides is 3. The topological polar surface area (TPSA) is 40.5 Å². The first-order chi connectivity index (χ1) is 18.1. The van der Waals surface area contributed by atoms with Crippen LogP contribution in [0.25, 0.3) is 0 Å². The highest BCUT2D eigenvalue weighted by Crippen LogP contribution is 2.60. The van der Waals surface area contributed by atoms with Crippen molar-refractivity contribution in [1.29, 1.82) is 0 Å². The normalized spacial score (nSPS) is 30.2. The molecule has 39 heavy (non-hydrogen) atoms. The third-order valence-electron chi connectivity index (χ3n) is 8.61. The summed E-state index contributed by atoms with van der Waals surface area (Å²) in [5, 5.41) is 10.1. The average molecular weight is 674 g/mol. The molecule has 1 saturated carbocycles. The smallest absolute Gasteiger partial charge is 0.400 e. The van der Waals surface area contributed by atoms with Gasteiger partial charge in [-0.2, -0.15) is 13.2 Å². The lowest BCUT2D eigenvalue weighted by Crippen LogP contribution is -2.52. The van der Waals surface area contributed by atoms with Gasteiger partial charge in [0.25, 0.3) is 0 Å². The van der Waals surface area contributed by atoms with Gasteiger partial charge in [0.1, 0.15) is 11.2 Å². The van der Waals surface area contributed by atoms with E-state index in [0.717, 1.165) is 31.0 Å². The summed E-state index contributed by atoms with van der Waals surface area (Å²) < 4.78 is 60.8. The molecule has 6 atom stereocenters. The molecule has 2 aromatic carbocycles. The number of benzene rings is 2. The molecule has 214 valence electrons. The summed E-state index contributed by atoms with van der Waals surface area (Å²) in [6.45, 7) is 5.52. The van der Waals surface area contributed by atoms with Gasteiger partial charge in [0, 0.05) is 18.6 Å². The van der Waals surface area contributed by atoms with E-state index in [9.17, 15) is 14.3 Å². The van der Waals surface area contributed by atoms with Crippen LogP contribution in [0.3, 0.4) is 0 Å². The van der Waals surface area contributed by atoms with Gasteiger partial charge in [0.2, 0.25) is 0 Å². The first-order valence-electron chi connectivity index (χ1n) is 12.7. The standard InChI is InChI=1S/C28H29BrCl3F4NO2/c1-13(2)17-6-4-14(3)8-22(17)37-12-27(28(34,35)36,16-10-19(30)24(32)20(31)11-16)23(26(38)39)25(37)15-5-7-21(33)18(29)9-15/h5,7,9-11,13-14,17,22-23,25H,4,6,8,12H2,1-3H3,(H,38,39)/t14-,17+,22-,23?,25?,27?/m1/s1. The van der Waals surface area contributed by atoms with E-state index in [4.69, 9.17) is 34.8 Å². The first-order valence-corrected chi connectivity index (χ1v) is 14.7. The van der Waals surface area contributed by atoms with Crippen molar-refractivity contribution in [2.24, 2.45) is 23.7 Å². The van der Waals surface area contributed by atoms with Crippen LogP contribution in [-0.2, 0) is 10.2 Å². The highest BCUT2D eigenvalue weighted by atomic mass is 79.9. The van der Waals surface area contributed by atoms with Crippen molar-refractivity contribution in [3.8, 4) is 0 Å². The Morgan fingerprint density at radius 1 is 1.13 bits per heavy atom. The summed E-state index contributed by atoms with van der Waals surface area (Å²) in [4.78, 5) is 14.7. The van der Waals surface area contributed by atoms with E-state index in [0.29, 0.717) is 6.42 Å². The second kappa shape index (κ2) is 11.3. The van der Waals surface area contributed by atoms with Crippen molar-refractivity contribution in [2.75, 3.05) is 6.54 Å². The molecular weight excluding hydrogens is 645 g/mol. The molecule has 1 aliphatic carbocycles. The van der Waals surface area contributed by atoms with Crippen molar-refractivity contribution in [2.45, 2.75) is 63.7 Å². The second-order valence-corrected chi connectivity index (χ2v) is 13.3. The Kier molecular flexibility index (Phi) is 8.96. The molecule has 0 amide bonds. The average Bonchev–Trinajstić information content (AvgIpc) is 3.21. The Bertz CT molecular complexity index is 1240. The van der Waals surface area contributed by atoms with Crippen molar-refractivity contribution in [3.63, 3.8) is 0 Å². The van der Waals surface area contributed by atoms with Gasteiger partial charge in [0.05, 0.1) is 25.5 Å².